The molecule has 0 amide bonds. The van der Waals surface area contributed by atoms with Crippen LogP contribution in [0.3, 0.4) is 0 Å². The summed E-state index contributed by atoms with van der Waals surface area (Å²) in [5, 5.41) is 0. The number of rotatable bonds is 5. The molecule has 0 aromatic carbocycles. The highest BCUT2D eigenvalue weighted by Crippen LogP contribution is 2.17. The van der Waals surface area contributed by atoms with E-state index in [2.05, 4.69) is 25.8 Å². The number of esters is 1. The molecule has 0 aliphatic rings. The molecule has 0 saturated heterocycles. The summed E-state index contributed by atoms with van der Waals surface area (Å²) in [4.78, 5) is 16.3. The van der Waals surface area contributed by atoms with Crippen molar-refractivity contribution >= 4 is 5.97 Å². The minimum atomic E-state index is -0.265. The Balaban J connectivity index is 3.07. The van der Waals surface area contributed by atoms with Crippen molar-refractivity contribution in [2.75, 3.05) is 6.61 Å². The first-order valence-electron chi connectivity index (χ1n) is 6.27. The van der Waals surface area contributed by atoms with Gasteiger partial charge in [-0.3, -0.25) is 4.98 Å². The molecular formula is C14H21NO2. The minimum Gasteiger partial charge on any atom is -0.462 e. The molecule has 3 nitrogen and oxygen atoms in total. The van der Waals surface area contributed by atoms with Gasteiger partial charge in [0.15, 0.2) is 0 Å². The van der Waals surface area contributed by atoms with Crippen LogP contribution >= 0.6 is 0 Å². The highest BCUT2D eigenvalue weighted by atomic mass is 16.5. The third-order valence-corrected chi connectivity index (χ3v) is 2.57. The van der Waals surface area contributed by atoms with E-state index in [4.69, 9.17) is 4.74 Å². The quantitative estimate of drug-likeness (QED) is 0.735. The Morgan fingerprint density at radius 1 is 1.35 bits per heavy atom. The van der Waals surface area contributed by atoms with Gasteiger partial charge in [-0.05, 0) is 31.4 Å². The lowest BCUT2D eigenvalue weighted by atomic mass is 10.0. The Kier molecular flexibility index (Phi) is 5.13. The fraction of sp³-hybridized carbons (Fsp3) is 0.571. The lowest BCUT2D eigenvalue weighted by Crippen LogP contribution is -2.11. The maximum absolute atomic E-state index is 11.8. The van der Waals surface area contributed by atoms with Crippen LogP contribution in [-0.2, 0) is 11.2 Å². The molecule has 0 bridgehead atoms. The smallest absolute Gasteiger partial charge is 0.339 e. The monoisotopic (exact) mass is 235 g/mol. The van der Waals surface area contributed by atoms with Crippen molar-refractivity contribution < 1.29 is 9.53 Å². The number of carbonyl (C=O) groups excluding carboxylic acids is 1. The van der Waals surface area contributed by atoms with Crippen LogP contribution in [0.2, 0.25) is 0 Å². The zero-order valence-corrected chi connectivity index (χ0v) is 11.1. The molecule has 0 aliphatic carbocycles. The van der Waals surface area contributed by atoms with Gasteiger partial charge >= 0.3 is 5.97 Å². The molecule has 1 aromatic rings. The molecule has 0 radical (unpaired) electrons. The second-order valence-electron chi connectivity index (χ2n) is 4.36. The number of pyridine rings is 1. The highest BCUT2D eigenvalue weighted by molar-refractivity contribution is 5.90. The lowest BCUT2D eigenvalue weighted by Gasteiger charge is -2.11. The normalized spacial score (nSPS) is 10.6. The summed E-state index contributed by atoms with van der Waals surface area (Å²) in [6, 6.07) is 3.75. The number of hydrogen-bond donors (Lipinski definition) is 0. The number of aromatic nitrogens is 1. The minimum absolute atomic E-state index is 0.265. The summed E-state index contributed by atoms with van der Waals surface area (Å²) in [6.45, 7) is 8.49. The number of aryl methyl sites for hydroxylation is 1. The van der Waals surface area contributed by atoms with Crippen LogP contribution in [0.15, 0.2) is 12.1 Å². The van der Waals surface area contributed by atoms with Gasteiger partial charge in [-0.15, -0.1) is 0 Å². The molecule has 0 atom stereocenters. The number of hydrogen-bond acceptors (Lipinski definition) is 3. The van der Waals surface area contributed by atoms with Gasteiger partial charge in [0.25, 0.3) is 0 Å². The van der Waals surface area contributed by atoms with Crippen molar-refractivity contribution in [3.05, 3.63) is 29.1 Å². The summed E-state index contributed by atoms with van der Waals surface area (Å²) in [6.07, 6.45) is 1.79. The molecular weight excluding hydrogens is 214 g/mol. The maximum Gasteiger partial charge on any atom is 0.339 e. The highest BCUT2D eigenvalue weighted by Gasteiger charge is 2.14. The van der Waals surface area contributed by atoms with E-state index in [9.17, 15) is 4.79 Å². The molecule has 94 valence electrons. The van der Waals surface area contributed by atoms with Crippen LogP contribution in [0.1, 0.15) is 61.8 Å². The van der Waals surface area contributed by atoms with Crippen molar-refractivity contribution in [2.45, 2.75) is 46.5 Å². The van der Waals surface area contributed by atoms with Crippen molar-refractivity contribution in [1.29, 1.82) is 0 Å². The Hall–Kier alpha value is -1.38. The van der Waals surface area contributed by atoms with E-state index in [0.29, 0.717) is 18.1 Å². The van der Waals surface area contributed by atoms with Gasteiger partial charge in [-0.2, -0.15) is 0 Å². The van der Waals surface area contributed by atoms with Gasteiger partial charge in [-0.1, -0.05) is 27.2 Å². The van der Waals surface area contributed by atoms with Crippen LogP contribution in [0.5, 0.6) is 0 Å². The Bertz CT molecular complexity index is 386. The molecule has 1 rings (SSSR count). The zero-order chi connectivity index (χ0) is 12.8. The SMILES string of the molecule is CCCc1nc(C(C)C)ccc1C(=O)OCC. The van der Waals surface area contributed by atoms with Gasteiger partial charge in [0.1, 0.15) is 0 Å². The number of ether oxygens (including phenoxy) is 1. The van der Waals surface area contributed by atoms with E-state index < -0.39 is 0 Å². The van der Waals surface area contributed by atoms with Crippen molar-refractivity contribution in [2.24, 2.45) is 0 Å². The van der Waals surface area contributed by atoms with E-state index in [1.165, 1.54) is 0 Å². The molecule has 1 aromatic heterocycles. The van der Waals surface area contributed by atoms with Gasteiger partial charge in [0.05, 0.1) is 17.9 Å². The fourth-order valence-corrected chi connectivity index (χ4v) is 1.66. The lowest BCUT2D eigenvalue weighted by molar-refractivity contribution is 0.0524. The summed E-state index contributed by atoms with van der Waals surface area (Å²) in [5.74, 6) is 0.112. The van der Waals surface area contributed by atoms with Gasteiger partial charge in [0, 0.05) is 5.69 Å². The Morgan fingerprint density at radius 2 is 2.06 bits per heavy atom. The van der Waals surface area contributed by atoms with Crippen LogP contribution < -0.4 is 0 Å². The topological polar surface area (TPSA) is 39.2 Å². The molecule has 0 fully saturated rings. The van der Waals surface area contributed by atoms with Crippen molar-refractivity contribution in [3.63, 3.8) is 0 Å². The molecule has 17 heavy (non-hydrogen) atoms. The molecule has 0 saturated carbocycles. The Morgan fingerprint density at radius 3 is 2.59 bits per heavy atom. The van der Waals surface area contributed by atoms with E-state index >= 15 is 0 Å². The second kappa shape index (κ2) is 6.38. The van der Waals surface area contributed by atoms with Gasteiger partial charge in [0.2, 0.25) is 0 Å². The van der Waals surface area contributed by atoms with Crippen molar-refractivity contribution in [3.8, 4) is 0 Å². The first-order valence-corrected chi connectivity index (χ1v) is 6.27. The summed E-state index contributed by atoms with van der Waals surface area (Å²) >= 11 is 0. The average Bonchev–Trinajstić information content (AvgIpc) is 2.29. The molecule has 3 heteroatoms. The number of carbonyl (C=O) groups is 1. The summed E-state index contributed by atoms with van der Waals surface area (Å²) < 4.78 is 5.04. The summed E-state index contributed by atoms with van der Waals surface area (Å²) in [5.41, 5.74) is 2.50. The second-order valence-corrected chi connectivity index (χ2v) is 4.36. The van der Waals surface area contributed by atoms with Crippen LogP contribution in [0, 0.1) is 0 Å². The average molecular weight is 235 g/mol. The zero-order valence-electron chi connectivity index (χ0n) is 11.1. The third kappa shape index (κ3) is 3.55. The standard InChI is InChI=1S/C14H21NO2/c1-5-7-13-11(14(16)17-6-2)8-9-12(15-13)10(3)4/h8-10H,5-7H2,1-4H3. The fourth-order valence-electron chi connectivity index (χ4n) is 1.66. The van der Waals surface area contributed by atoms with E-state index in [1.807, 2.05) is 19.1 Å². The van der Waals surface area contributed by atoms with E-state index in [-0.39, 0.29) is 5.97 Å². The maximum atomic E-state index is 11.8. The molecule has 0 N–H and O–H groups in total. The largest absolute Gasteiger partial charge is 0.462 e. The van der Waals surface area contributed by atoms with Crippen molar-refractivity contribution in [1.82, 2.24) is 4.98 Å². The molecule has 0 aliphatic heterocycles. The van der Waals surface area contributed by atoms with Crippen LogP contribution in [0.25, 0.3) is 0 Å². The van der Waals surface area contributed by atoms with E-state index in [0.717, 1.165) is 24.2 Å². The summed E-state index contributed by atoms with van der Waals surface area (Å²) in [7, 11) is 0. The molecule has 0 unspecified atom stereocenters. The predicted octanol–water partition coefficient (Wildman–Crippen LogP) is 3.33. The number of nitrogens with zero attached hydrogens (tertiary/aromatic N) is 1. The van der Waals surface area contributed by atoms with Crippen LogP contribution in [-0.4, -0.2) is 17.6 Å². The van der Waals surface area contributed by atoms with E-state index in [1.54, 1.807) is 0 Å². The molecule has 0 spiro atoms. The Labute approximate surface area is 103 Å². The first kappa shape index (κ1) is 13.7. The third-order valence-electron chi connectivity index (χ3n) is 2.57. The van der Waals surface area contributed by atoms with Gasteiger partial charge < -0.3 is 4.74 Å². The first-order chi connectivity index (χ1) is 8.10. The predicted molar refractivity (Wildman–Crippen MR) is 68.3 cm³/mol. The molecule has 1 heterocycles. The van der Waals surface area contributed by atoms with Gasteiger partial charge in [-0.25, -0.2) is 4.79 Å². The van der Waals surface area contributed by atoms with Crippen LogP contribution in [0.4, 0.5) is 0 Å².